The van der Waals surface area contributed by atoms with Crippen LogP contribution in [-0.4, -0.2) is 44.2 Å². The van der Waals surface area contributed by atoms with Crippen LogP contribution < -0.4 is 10.2 Å². The Kier molecular flexibility index (Phi) is 6.34. The Bertz CT molecular complexity index is 450. The van der Waals surface area contributed by atoms with E-state index >= 15 is 0 Å². The highest BCUT2D eigenvalue weighted by atomic mass is 35.5. The summed E-state index contributed by atoms with van der Waals surface area (Å²) < 4.78 is 0. The summed E-state index contributed by atoms with van der Waals surface area (Å²) in [4.78, 5) is 4.95. The fourth-order valence-corrected chi connectivity index (χ4v) is 3.25. The topological polar surface area (TPSA) is 18.5 Å². The molecule has 0 aromatic heterocycles. The normalized spacial score (nSPS) is 20.6. The second-order valence-electron chi connectivity index (χ2n) is 6.11. The Morgan fingerprint density at radius 3 is 2.90 bits per heavy atom. The lowest BCUT2D eigenvalue weighted by molar-refractivity contribution is 0.337. The molecule has 4 heteroatoms. The van der Waals surface area contributed by atoms with Crippen molar-refractivity contribution < 1.29 is 0 Å². The van der Waals surface area contributed by atoms with Gasteiger partial charge in [0.1, 0.15) is 0 Å². The minimum Gasteiger partial charge on any atom is -0.367 e. The van der Waals surface area contributed by atoms with Gasteiger partial charge in [0, 0.05) is 36.4 Å². The second-order valence-corrected chi connectivity index (χ2v) is 6.54. The first-order valence-corrected chi connectivity index (χ1v) is 8.44. The number of nitrogens with zero attached hydrogens (tertiary/aromatic N) is 2. The standard InChI is InChI=1S/C17H28ClN3/c1-4-8-19-12-15-6-7-16(18)11-17(15)21-10-5-9-20(3)13-14(21)2/h6-7,11,14,19H,4-5,8-10,12-13H2,1-3H3. The summed E-state index contributed by atoms with van der Waals surface area (Å²) in [5, 5.41) is 4.34. The Hall–Kier alpha value is -0.770. The molecule has 0 saturated carbocycles. The third-order valence-corrected chi connectivity index (χ3v) is 4.38. The van der Waals surface area contributed by atoms with E-state index in [1.54, 1.807) is 0 Å². The molecule has 3 nitrogen and oxygen atoms in total. The van der Waals surface area contributed by atoms with E-state index in [1.807, 2.05) is 6.07 Å². The lowest BCUT2D eigenvalue weighted by atomic mass is 10.1. The lowest BCUT2D eigenvalue weighted by Gasteiger charge is -2.32. The first-order chi connectivity index (χ1) is 10.1. The molecule has 1 unspecified atom stereocenters. The van der Waals surface area contributed by atoms with E-state index < -0.39 is 0 Å². The maximum absolute atomic E-state index is 6.26. The van der Waals surface area contributed by atoms with E-state index in [2.05, 4.69) is 48.1 Å². The van der Waals surface area contributed by atoms with Crippen molar-refractivity contribution in [3.63, 3.8) is 0 Å². The SMILES string of the molecule is CCCNCc1ccc(Cl)cc1N1CCCN(C)CC1C. The minimum absolute atomic E-state index is 0.515. The molecular weight excluding hydrogens is 282 g/mol. The van der Waals surface area contributed by atoms with Crippen LogP contribution in [0.5, 0.6) is 0 Å². The molecule has 1 heterocycles. The van der Waals surface area contributed by atoms with Crippen molar-refractivity contribution in [3.05, 3.63) is 28.8 Å². The van der Waals surface area contributed by atoms with Gasteiger partial charge in [0.2, 0.25) is 0 Å². The molecule has 1 aromatic carbocycles. The highest BCUT2D eigenvalue weighted by molar-refractivity contribution is 6.30. The largest absolute Gasteiger partial charge is 0.367 e. The van der Waals surface area contributed by atoms with Crippen LogP contribution in [0.1, 0.15) is 32.3 Å². The third-order valence-electron chi connectivity index (χ3n) is 4.15. The molecule has 0 aliphatic carbocycles. The van der Waals surface area contributed by atoms with Gasteiger partial charge in [-0.05, 0) is 57.6 Å². The molecule has 1 N–H and O–H groups in total. The first-order valence-electron chi connectivity index (χ1n) is 8.06. The van der Waals surface area contributed by atoms with Gasteiger partial charge in [-0.2, -0.15) is 0 Å². The quantitative estimate of drug-likeness (QED) is 0.841. The number of rotatable bonds is 5. The van der Waals surface area contributed by atoms with Crippen LogP contribution >= 0.6 is 11.6 Å². The second kappa shape index (κ2) is 8.02. The van der Waals surface area contributed by atoms with Crippen LogP contribution in [0.3, 0.4) is 0 Å². The molecule has 1 aliphatic heterocycles. The van der Waals surface area contributed by atoms with Crippen LogP contribution in [0.15, 0.2) is 18.2 Å². The number of anilines is 1. The summed E-state index contributed by atoms with van der Waals surface area (Å²) in [6.07, 6.45) is 2.36. The molecule has 21 heavy (non-hydrogen) atoms. The predicted octanol–water partition coefficient (Wildman–Crippen LogP) is 3.37. The molecule has 1 aliphatic rings. The first kappa shape index (κ1) is 16.6. The number of hydrogen-bond acceptors (Lipinski definition) is 3. The van der Waals surface area contributed by atoms with Gasteiger partial charge in [0.15, 0.2) is 0 Å². The van der Waals surface area contributed by atoms with Crippen molar-refractivity contribution in [3.8, 4) is 0 Å². The van der Waals surface area contributed by atoms with Gasteiger partial charge in [-0.15, -0.1) is 0 Å². The summed E-state index contributed by atoms with van der Waals surface area (Å²) in [5.41, 5.74) is 2.65. The molecule has 118 valence electrons. The van der Waals surface area contributed by atoms with E-state index in [1.165, 1.54) is 24.2 Å². The zero-order valence-corrected chi connectivity index (χ0v) is 14.3. The molecule has 2 rings (SSSR count). The summed E-state index contributed by atoms with van der Waals surface area (Å²) in [7, 11) is 2.21. The highest BCUT2D eigenvalue weighted by Crippen LogP contribution is 2.28. The smallest absolute Gasteiger partial charge is 0.0429 e. The molecule has 1 aromatic rings. The van der Waals surface area contributed by atoms with Crippen LogP contribution in [0.2, 0.25) is 5.02 Å². The maximum Gasteiger partial charge on any atom is 0.0429 e. The molecule has 0 bridgehead atoms. The highest BCUT2D eigenvalue weighted by Gasteiger charge is 2.22. The fourth-order valence-electron chi connectivity index (χ4n) is 3.08. The van der Waals surface area contributed by atoms with Gasteiger partial charge in [-0.1, -0.05) is 24.6 Å². The Balaban J connectivity index is 2.21. The fraction of sp³-hybridized carbons (Fsp3) is 0.647. The van der Waals surface area contributed by atoms with Gasteiger partial charge >= 0.3 is 0 Å². The van der Waals surface area contributed by atoms with Crippen molar-refractivity contribution in [1.82, 2.24) is 10.2 Å². The van der Waals surface area contributed by atoms with E-state index in [0.717, 1.165) is 37.6 Å². The molecule has 1 saturated heterocycles. The van der Waals surface area contributed by atoms with Gasteiger partial charge < -0.3 is 15.1 Å². The number of hydrogen-bond donors (Lipinski definition) is 1. The molecule has 1 atom stereocenters. The van der Waals surface area contributed by atoms with Crippen LogP contribution in [-0.2, 0) is 6.54 Å². The Labute approximate surface area is 134 Å². The van der Waals surface area contributed by atoms with Gasteiger partial charge in [0.25, 0.3) is 0 Å². The average Bonchev–Trinajstić information content (AvgIpc) is 2.61. The maximum atomic E-state index is 6.26. The van der Waals surface area contributed by atoms with Crippen molar-refractivity contribution in [1.29, 1.82) is 0 Å². The molecule has 1 fully saturated rings. The van der Waals surface area contributed by atoms with Gasteiger partial charge in [0.05, 0.1) is 0 Å². The molecule has 0 spiro atoms. The lowest BCUT2D eigenvalue weighted by Crippen LogP contribution is -2.38. The number of benzene rings is 1. The van der Waals surface area contributed by atoms with Crippen LogP contribution in [0, 0.1) is 0 Å². The number of halogens is 1. The Morgan fingerprint density at radius 1 is 1.33 bits per heavy atom. The zero-order chi connectivity index (χ0) is 15.2. The van der Waals surface area contributed by atoms with E-state index in [9.17, 15) is 0 Å². The summed E-state index contributed by atoms with van der Waals surface area (Å²) in [6, 6.07) is 6.82. The third kappa shape index (κ3) is 4.60. The van der Waals surface area contributed by atoms with Crippen molar-refractivity contribution >= 4 is 17.3 Å². The minimum atomic E-state index is 0.515. The van der Waals surface area contributed by atoms with Crippen molar-refractivity contribution in [2.45, 2.75) is 39.3 Å². The summed E-state index contributed by atoms with van der Waals surface area (Å²) in [6.45, 7) is 9.86. The van der Waals surface area contributed by atoms with E-state index in [-0.39, 0.29) is 0 Å². The summed E-state index contributed by atoms with van der Waals surface area (Å²) in [5.74, 6) is 0. The van der Waals surface area contributed by atoms with Gasteiger partial charge in [-0.3, -0.25) is 0 Å². The van der Waals surface area contributed by atoms with E-state index in [4.69, 9.17) is 11.6 Å². The number of nitrogens with one attached hydrogen (secondary N) is 1. The molecule has 0 amide bonds. The van der Waals surface area contributed by atoms with Crippen molar-refractivity contribution in [2.75, 3.05) is 38.1 Å². The van der Waals surface area contributed by atoms with Gasteiger partial charge in [-0.25, -0.2) is 0 Å². The number of likely N-dealkylation sites (N-methyl/N-ethyl adjacent to an activating group) is 1. The van der Waals surface area contributed by atoms with Crippen LogP contribution in [0.25, 0.3) is 0 Å². The van der Waals surface area contributed by atoms with E-state index in [0.29, 0.717) is 6.04 Å². The predicted molar refractivity (Wildman–Crippen MR) is 92.4 cm³/mol. The Morgan fingerprint density at radius 2 is 2.14 bits per heavy atom. The molecular formula is C17H28ClN3. The monoisotopic (exact) mass is 309 g/mol. The zero-order valence-electron chi connectivity index (χ0n) is 13.5. The van der Waals surface area contributed by atoms with Crippen molar-refractivity contribution in [2.24, 2.45) is 0 Å². The summed E-state index contributed by atoms with van der Waals surface area (Å²) >= 11 is 6.26. The average molecular weight is 310 g/mol. The van der Waals surface area contributed by atoms with Crippen LogP contribution in [0.4, 0.5) is 5.69 Å². The molecule has 0 radical (unpaired) electrons.